The molecule has 0 radical (unpaired) electrons. The summed E-state index contributed by atoms with van der Waals surface area (Å²) in [6, 6.07) is 0.00251. The monoisotopic (exact) mass is 200 g/mol. The summed E-state index contributed by atoms with van der Waals surface area (Å²) in [5.41, 5.74) is 5.31. The van der Waals surface area contributed by atoms with Gasteiger partial charge in [-0.05, 0) is 33.6 Å². The first-order chi connectivity index (χ1) is 6.38. The molecule has 0 aromatic heterocycles. The van der Waals surface area contributed by atoms with Crippen LogP contribution in [0.25, 0.3) is 0 Å². The standard InChI is InChI=1S/C10H20N2O2/c1-10(2,3)14-9(13)8-5-4-7(11)6-12-8/h7-8,12H,4-6,11H2,1-3H3/t7-,8+/m1/s1. The van der Waals surface area contributed by atoms with Crippen LogP contribution in [0, 0.1) is 0 Å². The van der Waals surface area contributed by atoms with Gasteiger partial charge in [0.15, 0.2) is 0 Å². The van der Waals surface area contributed by atoms with E-state index in [4.69, 9.17) is 10.5 Å². The maximum Gasteiger partial charge on any atom is 0.323 e. The fourth-order valence-corrected chi connectivity index (χ4v) is 1.45. The molecule has 0 bridgehead atoms. The van der Waals surface area contributed by atoms with E-state index in [1.54, 1.807) is 0 Å². The van der Waals surface area contributed by atoms with E-state index in [9.17, 15) is 4.79 Å². The van der Waals surface area contributed by atoms with Gasteiger partial charge in [0.2, 0.25) is 0 Å². The highest BCUT2D eigenvalue weighted by molar-refractivity contribution is 5.76. The quantitative estimate of drug-likeness (QED) is 0.602. The molecule has 1 aliphatic rings. The first kappa shape index (κ1) is 11.5. The molecule has 1 aliphatic heterocycles. The van der Waals surface area contributed by atoms with Crippen molar-refractivity contribution < 1.29 is 9.53 Å². The number of carbonyl (C=O) groups is 1. The SMILES string of the molecule is CC(C)(C)OC(=O)[C@@H]1CC[C@@H](N)CN1. The van der Waals surface area contributed by atoms with E-state index in [2.05, 4.69) is 5.32 Å². The van der Waals surface area contributed by atoms with Crippen molar-refractivity contribution in [3.05, 3.63) is 0 Å². The molecule has 14 heavy (non-hydrogen) atoms. The van der Waals surface area contributed by atoms with Crippen LogP contribution in [-0.4, -0.2) is 30.2 Å². The van der Waals surface area contributed by atoms with E-state index in [0.717, 1.165) is 12.8 Å². The number of carbonyl (C=O) groups excluding carboxylic acids is 1. The number of ether oxygens (including phenoxy) is 1. The number of rotatable bonds is 1. The lowest BCUT2D eigenvalue weighted by atomic mass is 10.0. The highest BCUT2D eigenvalue weighted by Gasteiger charge is 2.28. The summed E-state index contributed by atoms with van der Waals surface area (Å²) in [5, 5.41) is 3.09. The number of nitrogens with one attached hydrogen (secondary N) is 1. The number of hydrogen-bond acceptors (Lipinski definition) is 4. The van der Waals surface area contributed by atoms with Crippen molar-refractivity contribution in [3.63, 3.8) is 0 Å². The van der Waals surface area contributed by atoms with Gasteiger partial charge in [-0.25, -0.2) is 0 Å². The third-order valence-corrected chi connectivity index (χ3v) is 2.14. The largest absolute Gasteiger partial charge is 0.459 e. The molecule has 0 amide bonds. The molecule has 0 aromatic rings. The highest BCUT2D eigenvalue weighted by atomic mass is 16.6. The van der Waals surface area contributed by atoms with Crippen LogP contribution in [0.5, 0.6) is 0 Å². The van der Waals surface area contributed by atoms with Gasteiger partial charge in [-0.1, -0.05) is 0 Å². The molecule has 3 N–H and O–H groups in total. The summed E-state index contributed by atoms with van der Waals surface area (Å²) in [7, 11) is 0. The van der Waals surface area contributed by atoms with Gasteiger partial charge in [-0.15, -0.1) is 0 Å². The molecule has 0 aliphatic carbocycles. The van der Waals surface area contributed by atoms with Crippen molar-refractivity contribution in [3.8, 4) is 0 Å². The van der Waals surface area contributed by atoms with Crippen molar-refractivity contribution in [2.45, 2.75) is 51.3 Å². The zero-order valence-electron chi connectivity index (χ0n) is 9.17. The van der Waals surface area contributed by atoms with Gasteiger partial charge in [0, 0.05) is 12.6 Å². The molecule has 1 saturated heterocycles. The Morgan fingerprint density at radius 1 is 1.43 bits per heavy atom. The fourth-order valence-electron chi connectivity index (χ4n) is 1.45. The van der Waals surface area contributed by atoms with E-state index in [-0.39, 0.29) is 18.1 Å². The predicted octanol–water partition coefficient (Wildman–Crippen LogP) is 0.407. The maximum absolute atomic E-state index is 11.6. The average molecular weight is 200 g/mol. The van der Waals surface area contributed by atoms with Crippen LogP contribution in [0.4, 0.5) is 0 Å². The second kappa shape index (κ2) is 4.28. The summed E-state index contributed by atoms with van der Waals surface area (Å²) >= 11 is 0. The average Bonchev–Trinajstić information content (AvgIpc) is 2.02. The third-order valence-electron chi connectivity index (χ3n) is 2.14. The van der Waals surface area contributed by atoms with Crippen LogP contribution in [0.15, 0.2) is 0 Å². The smallest absolute Gasteiger partial charge is 0.323 e. The molecule has 0 aromatic carbocycles. The van der Waals surface area contributed by atoms with Crippen LogP contribution in [0.2, 0.25) is 0 Å². The summed E-state index contributed by atoms with van der Waals surface area (Å²) in [6.07, 6.45) is 1.66. The molecule has 4 nitrogen and oxygen atoms in total. The molecule has 1 rings (SSSR count). The van der Waals surface area contributed by atoms with Crippen LogP contribution >= 0.6 is 0 Å². The summed E-state index contributed by atoms with van der Waals surface area (Å²) in [6.45, 7) is 6.32. The molecular formula is C10H20N2O2. The lowest BCUT2D eigenvalue weighted by Gasteiger charge is -2.29. The van der Waals surface area contributed by atoms with Crippen molar-refractivity contribution >= 4 is 5.97 Å². The van der Waals surface area contributed by atoms with Gasteiger partial charge < -0.3 is 15.8 Å². The van der Waals surface area contributed by atoms with Crippen molar-refractivity contribution in [1.82, 2.24) is 5.32 Å². The molecule has 0 saturated carbocycles. The van der Waals surface area contributed by atoms with E-state index in [1.807, 2.05) is 20.8 Å². The lowest BCUT2D eigenvalue weighted by molar-refractivity contribution is -0.158. The first-order valence-electron chi connectivity index (χ1n) is 5.10. The van der Waals surface area contributed by atoms with Crippen molar-refractivity contribution in [1.29, 1.82) is 0 Å². The Morgan fingerprint density at radius 2 is 2.07 bits per heavy atom. The second-order valence-electron chi connectivity index (χ2n) is 4.83. The Morgan fingerprint density at radius 3 is 2.50 bits per heavy atom. The Bertz CT molecular complexity index is 203. The van der Waals surface area contributed by atoms with Gasteiger partial charge in [-0.3, -0.25) is 4.79 Å². The van der Waals surface area contributed by atoms with Gasteiger partial charge in [0.1, 0.15) is 11.6 Å². The zero-order chi connectivity index (χ0) is 10.8. The zero-order valence-corrected chi connectivity index (χ0v) is 9.17. The van der Waals surface area contributed by atoms with Crippen LogP contribution in [0.1, 0.15) is 33.6 Å². The fraction of sp³-hybridized carbons (Fsp3) is 0.900. The minimum absolute atomic E-state index is 0.163. The lowest BCUT2D eigenvalue weighted by Crippen LogP contribution is -2.50. The molecule has 0 unspecified atom stereocenters. The van der Waals surface area contributed by atoms with Crippen LogP contribution < -0.4 is 11.1 Å². The Balaban J connectivity index is 2.38. The van der Waals surface area contributed by atoms with Crippen molar-refractivity contribution in [2.24, 2.45) is 5.73 Å². The molecule has 2 atom stereocenters. The summed E-state index contributed by atoms with van der Waals surface area (Å²) in [4.78, 5) is 11.6. The molecular weight excluding hydrogens is 180 g/mol. The number of piperidine rings is 1. The topological polar surface area (TPSA) is 64.3 Å². The summed E-state index contributed by atoms with van der Waals surface area (Å²) < 4.78 is 5.27. The summed E-state index contributed by atoms with van der Waals surface area (Å²) in [5.74, 6) is -0.163. The van der Waals surface area contributed by atoms with E-state index in [0.29, 0.717) is 6.54 Å². The minimum atomic E-state index is -0.404. The normalized spacial score (nSPS) is 28.6. The Hall–Kier alpha value is -0.610. The minimum Gasteiger partial charge on any atom is -0.459 e. The first-order valence-corrected chi connectivity index (χ1v) is 5.10. The van der Waals surface area contributed by atoms with Crippen LogP contribution in [0.3, 0.4) is 0 Å². The Labute approximate surface area is 85.2 Å². The molecule has 4 heteroatoms. The van der Waals surface area contributed by atoms with Gasteiger partial charge in [0.25, 0.3) is 0 Å². The van der Waals surface area contributed by atoms with Gasteiger partial charge in [-0.2, -0.15) is 0 Å². The van der Waals surface area contributed by atoms with Gasteiger partial charge in [0.05, 0.1) is 0 Å². The third kappa shape index (κ3) is 3.64. The van der Waals surface area contributed by atoms with Crippen molar-refractivity contribution in [2.75, 3.05) is 6.54 Å². The number of esters is 1. The van der Waals surface area contributed by atoms with E-state index in [1.165, 1.54) is 0 Å². The van der Waals surface area contributed by atoms with Gasteiger partial charge >= 0.3 is 5.97 Å². The van der Waals surface area contributed by atoms with E-state index >= 15 is 0 Å². The molecule has 0 spiro atoms. The highest BCUT2D eigenvalue weighted by Crippen LogP contribution is 2.13. The van der Waals surface area contributed by atoms with Crippen LogP contribution in [-0.2, 0) is 9.53 Å². The molecule has 1 heterocycles. The molecule has 82 valence electrons. The number of hydrogen-bond donors (Lipinski definition) is 2. The van der Waals surface area contributed by atoms with E-state index < -0.39 is 5.60 Å². The maximum atomic E-state index is 11.6. The predicted molar refractivity (Wildman–Crippen MR) is 54.8 cm³/mol. The molecule has 1 fully saturated rings. The number of nitrogens with two attached hydrogens (primary N) is 1. The Kier molecular flexibility index (Phi) is 3.50. The second-order valence-corrected chi connectivity index (χ2v) is 4.83.